The monoisotopic (exact) mass is 363 g/mol. The molecule has 0 aliphatic rings. The number of rotatable bonds is 7. The van der Waals surface area contributed by atoms with E-state index >= 15 is 0 Å². The topological polar surface area (TPSA) is 101 Å². The van der Waals surface area contributed by atoms with Gasteiger partial charge in [0.2, 0.25) is 0 Å². The van der Waals surface area contributed by atoms with E-state index < -0.39 is 17.4 Å². The summed E-state index contributed by atoms with van der Waals surface area (Å²) in [5, 5.41) is 8.73. The lowest BCUT2D eigenvalue weighted by molar-refractivity contribution is -0.137. The number of aliphatic carboxylic acids is 1. The van der Waals surface area contributed by atoms with Crippen molar-refractivity contribution in [1.29, 1.82) is 0 Å². The molecule has 0 spiro atoms. The first-order chi connectivity index (χ1) is 11.8. The van der Waals surface area contributed by atoms with Crippen molar-refractivity contribution in [2.75, 3.05) is 5.73 Å². The summed E-state index contributed by atoms with van der Waals surface area (Å²) in [4.78, 5) is 11.2. The molecule has 6 N–H and O–H groups in total. The van der Waals surface area contributed by atoms with Crippen LogP contribution in [0.25, 0.3) is 0 Å². The Balaban J connectivity index is 2.18. The van der Waals surface area contributed by atoms with Crippen molar-refractivity contribution in [3.8, 4) is 0 Å². The van der Waals surface area contributed by atoms with Gasteiger partial charge in [0.1, 0.15) is 5.82 Å². The largest absolute Gasteiger partial charge is 0.481 e. The number of anilines is 1. The first-order valence-electron chi connectivity index (χ1n) is 7.79. The molecule has 25 heavy (non-hydrogen) atoms. The number of nitrogen functional groups attached to an aromatic ring is 1. The Hall–Kier alpha value is -2.09. The van der Waals surface area contributed by atoms with E-state index in [2.05, 4.69) is 4.72 Å². The van der Waals surface area contributed by atoms with Crippen molar-refractivity contribution in [2.45, 2.75) is 31.7 Å². The average molecular weight is 363 g/mol. The number of carboxylic acids is 1. The molecule has 2 atom stereocenters. The summed E-state index contributed by atoms with van der Waals surface area (Å²) < 4.78 is 16.9. The Bertz CT molecular complexity index is 747. The maximum absolute atomic E-state index is 13.8. The van der Waals surface area contributed by atoms with Gasteiger partial charge in [0.25, 0.3) is 0 Å². The molecule has 0 radical (unpaired) electrons. The van der Waals surface area contributed by atoms with Crippen LogP contribution in [0.5, 0.6) is 0 Å². The van der Waals surface area contributed by atoms with Crippen LogP contribution in [-0.2, 0) is 4.79 Å². The minimum atomic E-state index is -0.953. The van der Waals surface area contributed by atoms with E-state index in [0.29, 0.717) is 22.4 Å². The van der Waals surface area contributed by atoms with Crippen LogP contribution >= 0.6 is 11.9 Å². The number of para-hydroxylation sites is 1. The molecule has 0 saturated carbocycles. The summed E-state index contributed by atoms with van der Waals surface area (Å²) >= 11 is 1.20. The third-order valence-corrected chi connectivity index (χ3v) is 4.81. The first kappa shape index (κ1) is 19.2. The van der Waals surface area contributed by atoms with Crippen LogP contribution in [0.1, 0.15) is 40.1 Å². The molecule has 0 fully saturated rings. The van der Waals surface area contributed by atoms with Crippen molar-refractivity contribution in [3.05, 3.63) is 64.5 Å². The van der Waals surface area contributed by atoms with E-state index in [1.54, 1.807) is 32.0 Å². The number of carbonyl (C=O) groups is 1. The van der Waals surface area contributed by atoms with Gasteiger partial charge in [-0.15, -0.1) is 0 Å². The molecule has 0 saturated heterocycles. The quantitative estimate of drug-likeness (QED) is 0.341. The molecule has 0 bridgehead atoms. The SMILES string of the molecule is Cc1cc(C(CC(=O)O)NSC(N)c2ccccc2N)cc(C)c1F. The van der Waals surface area contributed by atoms with E-state index in [9.17, 15) is 14.3 Å². The van der Waals surface area contributed by atoms with E-state index in [1.165, 1.54) is 11.9 Å². The molecular weight excluding hydrogens is 341 g/mol. The summed E-state index contributed by atoms with van der Waals surface area (Å²) in [6, 6.07) is 10.1. The highest BCUT2D eigenvalue weighted by molar-refractivity contribution is 7.97. The highest BCUT2D eigenvalue weighted by atomic mass is 32.2. The van der Waals surface area contributed by atoms with Gasteiger partial charge >= 0.3 is 5.97 Å². The number of benzene rings is 2. The fourth-order valence-corrected chi connectivity index (χ4v) is 3.44. The van der Waals surface area contributed by atoms with Gasteiger partial charge in [0.15, 0.2) is 0 Å². The predicted octanol–water partition coefficient (Wildman–Crippen LogP) is 3.44. The summed E-state index contributed by atoms with van der Waals surface area (Å²) in [7, 11) is 0. The Morgan fingerprint density at radius 1 is 1.28 bits per heavy atom. The molecule has 0 aliphatic carbocycles. The normalized spacial score (nSPS) is 13.4. The smallest absolute Gasteiger partial charge is 0.305 e. The number of halogens is 1. The van der Waals surface area contributed by atoms with Crippen molar-refractivity contribution in [2.24, 2.45) is 5.73 Å². The molecule has 0 amide bonds. The first-order valence-corrected chi connectivity index (χ1v) is 8.67. The van der Waals surface area contributed by atoms with Crippen LogP contribution in [0.3, 0.4) is 0 Å². The van der Waals surface area contributed by atoms with Crippen LogP contribution in [0.4, 0.5) is 10.1 Å². The van der Waals surface area contributed by atoms with Gasteiger partial charge in [-0.2, -0.15) is 0 Å². The Morgan fingerprint density at radius 2 is 1.88 bits per heavy atom. The average Bonchev–Trinajstić information content (AvgIpc) is 2.55. The zero-order valence-corrected chi connectivity index (χ0v) is 14.9. The molecule has 0 heterocycles. The number of nitrogens with one attached hydrogen (secondary N) is 1. The molecule has 2 aromatic carbocycles. The minimum absolute atomic E-state index is 0.144. The summed E-state index contributed by atoms with van der Waals surface area (Å²) in [5.74, 6) is -1.23. The number of carboxylic acid groups (broad SMARTS) is 1. The van der Waals surface area contributed by atoms with Gasteiger partial charge < -0.3 is 16.6 Å². The van der Waals surface area contributed by atoms with Gasteiger partial charge in [-0.25, -0.2) is 4.39 Å². The summed E-state index contributed by atoms with van der Waals surface area (Å²) in [6.45, 7) is 3.32. The second-order valence-corrected chi connectivity index (χ2v) is 6.88. The van der Waals surface area contributed by atoms with Gasteiger partial charge in [0, 0.05) is 11.3 Å². The van der Waals surface area contributed by atoms with Crippen LogP contribution < -0.4 is 16.2 Å². The lowest BCUT2D eigenvalue weighted by Gasteiger charge is -2.21. The van der Waals surface area contributed by atoms with Crippen LogP contribution in [0, 0.1) is 19.7 Å². The lowest BCUT2D eigenvalue weighted by atomic mass is 9.99. The van der Waals surface area contributed by atoms with Crippen LogP contribution in [0.15, 0.2) is 36.4 Å². The third kappa shape index (κ3) is 4.94. The molecule has 0 aliphatic heterocycles. The van der Waals surface area contributed by atoms with Crippen LogP contribution in [0.2, 0.25) is 0 Å². The van der Waals surface area contributed by atoms with Gasteiger partial charge in [-0.3, -0.25) is 9.52 Å². The van der Waals surface area contributed by atoms with Crippen molar-refractivity contribution in [3.63, 3.8) is 0 Å². The number of aryl methyl sites for hydroxylation is 2. The molecule has 2 aromatic rings. The van der Waals surface area contributed by atoms with E-state index in [1.807, 2.05) is 18.2 Å². The van der Waals surface area contributed by atoms with Gasteiger partial charge in [-0.1, -0.05) is 42.3 Å². The Labute approximate surface area is 150 Å². The molecule has 2 rings (SSSR count). The zero-order valence-electron chi connectivity index (χ0n) is 14.1. The fourth-order valence-electron chi connectivity index (χ4n) is 2.57. The molecular formula is C18H22FN3O2S. The van der Waals surface area contributed by atoms with Crippen molar-refractivity contribution >= 4 is 23.6 Å². The summed E-state index contributed by atoms with van der Waals surface area (Å²) in [5.41, 5.74) is 15.1. The maximum atomic E-state index is 13.8. The third-order valence-electron chi connectivity index (χ3n) is 3.88. The second kappa shape index (κ2) is 8.33. The Morgan fingerprint density at radius 3 is 2.44 bits per heavy atom. The molecule has 7 heteroatoms. The molecule has 0 aromatic heterocycles. The highest BCUT2D eigenvalue weighted by Gasteiger charge is 2.20. The van der Waals surface area contributed by atoms with Gasteiger partial charge in [-0.05, 0) is 36.6 Å². The number of nitrogens with two attached hydrogens (primary N) is 2. The lowest BCUT2D eigenvalue weighted by Crippen LogP contribution is -2.22. The second-order valence-electron chi connectivity index (χ2n) is 5.90. The van der Waals surface area contributed by atoms with E-state index in [4.69, 9.17) is 11.5 Å². The van der Waals surface area contributed by atoms with E-state index in [-0.39, 0.29) is 12.2 Å². The number of hydrogen-bond donors (Lipinski definition) is 4. The van der Waals surface area contributed by atoms with E-state index in [0.717, 1.165) is 5.56 Å². The summed E-state index contributed by atoms with van der Waals surface area (Å²) in [6.07, 6.45) is -0.144. The highest BCUT2D eigenvalue weighted by Crippen LogP contribution is 2.30. The standard InChI is InChI=1S/C18H22FN3O2S/c1-10-7-12(8-11(2)17(10)19)15(9-16(23)24)22-25-18(21)13-5-3-4-6-14(13)20/h3-8,15,18,22H,9,20-21H2,1-2H3,(H,23,24). The van der Waals surface area contributed by atoms with Gasteiger partial charge in [0.05, 0.1) is 17.8 Å². The minimum Gasteiger partial charge on any atom is -0.481 e. The molecule has 134 valence electrons. The number of hydrogen-bond acceptors (Lipinski definition) is 5. The Kier molecular flexibility index (Phi) is 6.41. The molecule has 5 nitrogen and oxygen atoms in total. The predicted molar refractivity (Wildman–Crippen MR) is 99.4 cm³/mol. The van der Waals surface area contributed by atoms with Crippen molar-refractivity contribution < 1.29 is 14.3 Å². The van der Waals surface area contributed by atoms with Crippen molar-refractivity contribution in [1.82, 2.24) is 4.72 Å². The van der Waals surface area contributed by atoms with Crippen LogP contribution in [-0.4, -0.2) is 11.1 Å². The molecule has 2 unspecified atom stereocenters. The maximum Gasteiger partial charge on any atom is 0.305 e. The zero-order chi connectivity index (χ0) is 18.6. The fraction of sp³-hybridized carbons (Fsp3) is 0.278.